The average Bonchev–Trinajstić information content (AvgIpc) is 3.88. The van der Waals surface area contributed by atoms with E-state index in [-0.39, 0.29) is 0 Å². The normalized spacial score (nSPS) is 12.5. The van der Waals surface area contributed by atoms with Crippen LogP contribution in [-0.2, 0) is 0 Å². The second-order valence-electron chi connectivity index (χ2n) is 12.7. The number of thiophene rings is 1. The van der Waals surface area contributed by atoms with Gasteiger partial charge in [0, 0.05) is 52.8 Å². The van der Waals surface area contributed by atoms with Gasteiger partial charge in [0.15, 0.2) is 5.65 Å². The molecule has 12 rings (SSSR count). The Balaban J connectivity index is 1.21. The molecule has 0 bridgehead atoms. The monoisotopic (exact) mass is 642 g/mol. The van der Waals surface area contributed by atoms with Crippen molar-refractivity contribution in [1.29, 1.82) is 0 Å². The van der Waals surface area contributed by atoms with E-state index < -0.39 is 0 Å². The fraction of sp³-hybridized carbons (Fsp3) is 0. The highest BCUT2D eigenvalue weighted by molar-refractivity contribution is 7.25. The molecule has 7 heteroatoms. The Morgan fingerprint density at radius 2 is 0.878 bits per heavy atom. The first-order chi connectivity index (χ1) is 24.3. The van der Waals surface area contributed by atoms with Crippen molar-refractivity contribution in [2.24, 2.45) is 0 Å². The van der Waals surface area contributed by atoms with Gasteiger partial charge in [-0.25, -0.2) is 9.97 Å². The Hall–Kier alpha value is -6.44. The van der Waals surface area contributed by atoms with E-state index in [2.05, 4.69) is 143 Å². The minimum Gasteiger partial charge on any atom is -0.278 e. The van der Waals surface area contributed by atoms with Crippen molar-refractivity contribution < 1.29 is 0 Å². The van der Waals surface area contributed by atoms with Crippen molar-refractivity contribution in [3.05, 3.63) is 133 Å². The molecule has 49 heavy (non-hydrogen) atoms. The zero-order valence-corrected chi connectivity index (χ0v) is 26.6. The van der Waals surface area contributed by atoms with Crippen LogP contribution >= 0.6 is 11.3 Å². The van der Waals surface area contributed by atoms with Gasteiger partial charge in [-0.1, -0.05) is 97.1 Å². The van der Waals surface area contributed by atoms with Gasteiger partial charge < -0.3 is 0 Å². The lowest BCUT2D eigenvalue weighted by Gasteiger charge is -2.11. The predicted octanol–water partition coefficient (Wildman–Crippen LogP) is 10.6. The number of rotatable bonds is 2. The van der Waals surface area contributed by atoms with Crippen LogP contribution in [0.25, 0.3) is 109 Å². The molecule has 0 unspecified atom stereocenters. The van der Waals surface area contributed by atoms with Gasteiger partial charge in [0.05, 0.1) is 38.8 Å². The second-order valence-corrected chi connectivity index (χ2v) is 13.8. The fourth-order valence-corrected chi connectivity index (χ4v) is 9.17. The lowest BCUT2D eigenvalue weighted by atomic mass is 10.1. The third kappa shape index (κ3) is 3.29. The van der Waals surface area contributed by atoms with E-state index in [1.807, 2.05) is 11.3 Å². The Bertz CT molecular complexity index is 3180. The van der Waals surface area contributed by atoms with Crippen LogP contribution in [0.15, 0.2) is 133 Å². The highest BCUT2D eigenvalue weighted by Crippen LogP contribution is 2.46. The number of hydrogen-bond acceptors (Lipinski definition) is 5. The van der Waals surface area contributed by atoms with E-state index in [0.29, 0.717) is 17.5 Å². The minimum atomic E-state index is 0.598. The maximum absolute atomic E-state index is 5.35. The van der Waals surface area contributed by atoms with Crippen LogP contribution in [0.1, 0.15) is 0 Å². The van der Waals surface area contributed by atoms with Crippen LogP contribution in [0.3, 0.4) is 0 Å². The Labute approximate surface area is 282 Å². The second kappa shape index (κ2) is 9.13. The molecule has 0 fully saturated rings. The average molecular weight is 643 g/mol. The summed E-state index contributed by atoms with van der Waals surface area (Å²) in [5.74, 6) is 1.20. The van der Waals surface area contributed by atoms with Gasteiger partial charge >= 0.3 is 0 Å². The SMILES string of the molecule is c1ccc2c(c1)-c1nc(-n3c4ccccc4c4ccccc43)nc3nc(-n4c5ccccc5c5cc6sc7ccccc7c6cc54)nc-2c13. The van der Waals surface area contributed by atoms with Gasteiger partial charge in [0.1, 0.15) is 0 Å². The molecule has 6 nitrogen and oxygen atoms in total. The summed E-state index contributed by atoms with van der Waals surface area (Å²) in [6.07, 6.45) is 0. The number of fused-ring (bicyclic) bond motifs is 12. The van der Waals surface area contributed by atoms with Crippen LogP contribution in [0.4, 0.5) is 0 Å². The summed E-state index contributed by atoms with van der Waals surface area (Å²) in [4.78, 5) is 21.2. The van der Waals surface area contributed by atoms with Crippen LogP contribution in [0.2, 0.25) is 0 Å². The quantitative estimate of drug-likeness (QED) is 0.188. The topological polar surface area (TPSA) is 61.4 Å². The summed E-state index contributed by atoms with van der Waals surface area (Å²) >= 11 is 1.84. The molecule has 0 radical (unpaired) electrons. The standard InChI is InChI=1S/C42H22N6S/c1-2-16-28-27(15-1)38-37-39(28)44-42(46-40(37)45-41(43-38)47-31-17-7-3-11-23(31)24-12-4-8-18-32(24)47)48-33-19-9-5-13-25(33)29-22-36-30(21-34(29)48)26-14-6-10-20-35(26)49-36/h1-22H. The van der Waals surface area contributed by atoms with Crippen LogP contribution in [0.5, 0.6) is 0 Å². The molecule has 0 saturated heterocycles. The number of para-hydroxylation sites is 3. The molecule has 0 amide bonds. The lowest BCUT2D eigenvalue weighted by molar-refractivity contribution is 0.976. The van der Waals surface area contributed by atoms with Crippen LogP contribution < -0.4 is 0 Å². The zero-order valence-electron chi connectivity index (χ0n) is 25.8. The Kier molecular flexibility index (Phi) is 4.77. The van der Waals surface area contributed by atoms with Crippen LogP contribution in [0, 0.1) is 0 Å². The summed E-state index contributed by atoms with van der Waals surface area (Å²) in [7, 11) is 0. The molecule has 226 valence electrons. The Morgan fingerprint density at radius 1 is 0.388 bits per heavy atom. The third-order valence-electron chi connectivity index (χ3n) is 10.1. The molecule has 1 aliphatic rings. The molecule has 11 aromatic rings. The minimum absolute atomic E-state index is 0.598. The predicted molar refractivity (Wildman–Crippen MR) is 201 cm³/mol. The molecule has 0 N–H and O–H groups in total. The smallest absolute Gasteiger partial charge is 0.237 e. The van der Waals surface area contributed by atoms with E-state index in [1.165, 1.54) is 41.7 Å². The van der Waals surface area contributed by atoms with Crippen molar-refractivity contribution >= 4 is 86.2 Å². The first kappa shape index (κ1) is 25.6. The molecular weight excluding hydrogens is 621 g/mol. The number of nitrogens with zero attached hydrogens (tertiary/aromatic N) is 6. The maximum atomic E-state index is 5.35. The summed E-state index contributed by atoms with van der Waals surface area (Å²) < 4.78 is 6.95. The molecule has 1 aliphatic carbocycles. The zero-order chi connectivity index (χ0) is 31.8. The van der Waals surface area contributed by atoms with Crippen molar-refractivity contribution in [3.8, 4) is 34.4 Å². The van der Waals surface area contributed by atoms with E-state index in [4.69, 9.17) is 19.9 Å². The Morgan fingerprint density at radius 3 is 1.49 bits per heavy atom. The van der Waals surface area contributed by atoms with Crippen molar-refractivity contribution in [3.63, 3.8) is 0 Å². The molecule has 0 atom stereocenters. The third-order valence-corrected chi connectivity index (χ3v) is 11.3. The van der Waals surface area contributed by atoms with Crippen molar-refractivity contribution in [2.45, 2.75) is 0 Å². The van der Waals surface area contributed by atoms with E-state index in [1.54, 1.807) is 0 Å². The van der Waals surface area contributed by atoms with Crippen LogP contribution in [-0.4, -0.2) is 29.1 Å². The lowest BCUT2D eigenvalue weighted by Crippen LogP contribution is -2.06. The molecular formula is C42H22N6S. The van der Waals surface area contributed by atoms with Crippen molar-refractivity contribution in [2.75, 3.05) is 0 Å². The van der Waals surface area contributed by atoms with E-state index in [9.17, 15) is 0 Å². The first-order valence-electron chi connectivity index (χ1n) is 16.3. The summed E-state index contributed by atoms with van der Waals surface area (Å²) in [6.45, 7) is 0. The first-order valence-corrected chi connectivity index (χ1v) is 17.1. The van der Waals surface area contributed by atoms with Crippen molar-refractivity contribution in [1.82, 2.24) is 29.1 Å². The largest absolute Gasteiger partial charge is 0.278 e. The molecule has 5 heterocycles. The highest BCUT2D eigenvalue weighted by Gasteiger charge is 2.29. The summed E-state index contributed by atoms with van der Waals surface area (Å²) in [5.41, 5.74) is 8.72. The molecule has 5 aromatic heterocycles. The number of aromatic nitrogens is 6. The van der Waals surface area contributed by atoms with Gasteiger partial charge in [0.2, 0.25) is 11.9 Å². The summed E-state index contributed by atoms with van der Waals surface area (Å²) in [6, 6.07) is 47.2. The molecule has 6 aromatic carbocycles. The maximum Gasteiger partial charge on any atom is 0.237 e. The van der Waals surface area contributed by atoms with Gasteiger partial charge in [-0.15, -0.1) is 11.3 Å². The van der Waals surface area contributed by atoms with Gasteiger partial charge in [-0.05, 0) is 36.4 Å². The molecule has 0 saturated carbocycles. The van der Waals surface area contributed by atoms with E-state index >= 15 is 0 Å². The number of hydrogen-bond donors (Lipinski definition) is 0. The summed E-state index contributed by atoms with van der Waals surface area (Å²) in [5, 5.41) is 8.09. The highest BCUT2D eigenvalue weighted by atomic mass is 32.1. The molecule has 0 aliphatic heterocycles. The van der Waals surface area contributed by atoms with Gasteiger partial charge in [-0.2, -0.15) is 9.97 Å². The fourth-order valence-electron chi connectivity index (χ4n) is 8.04. The van der Waals surface area contributed by atoms with Gasteiger partial charge in [0.25, 0.3) is 0 Å². The molecule has 0 spiro atoms. The van der Waals surface area contributed by atoms with Gasteiger partial charge in [-0.3, -0.25) is 9.13 Å². The number of benzene rings is 6. The van der Waals surface area contributed by atoms with E-state index in [0.717, 1.165) is 50.0 Å².